The van der Waals surface area contributed by atoms with Crippen LogP contribution in [0.25, 0.3) is 0 Å². The Bertz CT molecular complexity index is 282. The van der Waals surface area contributed by atoms with Crippen molar-refractivity contribution in [3.63, 3.8) is 0 Å². The van der Waals surface area contributed by atoms with E-state index in [4.69, 9.17) is 4.74 Å². The normalized spacial score (nSPS) is 9.57. The molecule has 14 heavy (non-hydrogen) atoms. The van der Waals surface area contributed by atoms with E-state index in [0.29, 0.717) is 12.3 Å². The molecule has 3 heteroatoms. The highest BCUT2D eigenvalue weighted by Crippen LogP contribution is 2.18. The maximum atomic E-state index is 9.51. The summed E-state index contributed by atoms with van der Waals surface area (Å²) < 4.78 is 5.06. The molecule has 0 unspecified atom stereocenters. The first-order valence-corrected chi connectivity index (χ1v) is 4.62. The third kappa shape index (κ3) is 2.78. The van der Waals surface area contributed by atoms with E-state index in [-0.39, 0.29) is 0 Å². The summed E-state index contributed by atoms with van der Waals surface area (Å²) in [5.74, 6) is 0.716. The van der Waals surface area contributed by atoms with Crippen LogP contribution in [0.3, 0.4) is 0 Å². The zero-order valence-electron chi connectivity index (χ0n) is 8.31. The first kappa shape index (κ1) is 10.6. The van der Waals surface area contributed by atoms with Crippen LogP contribution in [0.1, 0.15) is 13.3 Å². The minimum Gasteiger partial charge on any atom is -0.466 e. The van der Waals surface area contributed by atoms with Crippen molar-refractivity contribution in [2.75, 3.05) is 11.6 Å². The first-order chi connectivity index (χ1) is 6.77. The number of hydrogen-bond donors (Lipinski definition) is 1. The number of ether oxygens (including phenoxy) is 1. The molecule has 0 saturated heterocycles. The van der Waals surface area contributed by atoms with Crippen LogP contribution in [0.5, 0.6) is 5.75 Å². The Labute approximate surface area is 84.2 Å². The Kier molecular flexibility index (Phi) is 4.01. The van der Waals surface area contributed by atoms with Crippen molar-refractivity contribution in [2.24, 2.45) is 0 Å². The maximum Gasteiger partial charge on any atom is 0.126 e. The molecule has 0 bridgehead atoms. The highest BCUT2D eigenvalue weighted by molar-refractivity contribution is 5.46. The summed E-state index contributed by atoms with van der Waals surface area (Å²) in [5.41, 5.74) is 0.767. The standard InChI is InChI=1S/C11H15NO2/c1-3-9-12(13)10-5-7-11(8-6-10)14-4-2/h4-8,13H,2-3,9H2,1H3. The lowest BCUT2D eigenvalue weighted by molar-refractivity contribution is 0.254. The molecule has 0 fully saturated rings. The average Bonchev–Trinajstić information content (AvgIpc) is 2.20. The van der Waals surface area contributed by atoms with Crippen LogP contribution in [0.4, 0.5) is 5.69 Å². The average molecular weight is 193 g/mol. The minimum absolute atomic E-state index is 0.627. The molecule has 0 radical (unpaired) electrons. The van der Waals surface area contributed by atoms with E-state index < -0.39 is 0 Å². The second-order valence-electron chi connectivity index (χ2n) is 2.90. The maximum absolute atomic E-state index is 9.51. The predicted octanol–water partition coefficient (Wildman–Crippen LogP) is 2.81. The van der Waals surface area contributed by atoms with Gasteiger partial charge in [0.25, 0.3) is 0 Å². The van der Waals surface area contributed by atoms with Crippen LogP contribution >= 0.6 is 0 Å². The Morgan fingerprint density at radius 3 is 2.57 bits per heavy atom. The van der Waals surface area contributed by atoms with Gasteiger partial charge in [0.05, 0.1) is 11.9 Å². The molecule has 1 aromatic rings. The largest absolute Gasteiger partial charge is 0.466 e. The highest BCUT2D eigenvalue weighted by atomic mass is 16.5. The monoisotopic (exact) mass is 193 g/mol. The molecule has 0 aliphatic heterocycles. The van der Waals surface area contributed by atoms with Crippen molar-refractivity contribution in [1.29, 1.82) is 0 Å². The van der Waals surface area contributed by atoms with E-state index >= 15 is 0 Å². The van der Waals surface area contributed by atoms with Gasteiger partial charge in [-0.05, 0) is 30.7 Å². The van der Waals surface area contributed by atoms with Crippen LogP contribution < -0.4 is 9.80 Å². The summed E-state index contributed by atoms with van der Waals surface area (Å²) in [4.78, 5) is 0. The van der Waals surface area contributed by atoms with E-state index in [1.54, 1.807) is 24.3 Å². The summed E-state index contributed by atoms with van der Waals surface area (Å²) in [7, 11) is 0. The van der Waals surface area contributed by atoms with E-state index in [0.717, 1.165) is 12.1 Å². The SMILES string of the molecule is C=COc1ccc(N(O)CCC)cc1. The predicted molar refractivity (Wildman–Crippen MR) is 56.7 cm³/mol. The van der Waals surface area contributed by atoms with E-state index in [1.807, 2.05) is 6.92 Å². The van der Waals surface area contributed by atoms with Gasteiger partial charge in [0.1, 0.15) is 5.75 Å². The molecule has 76 valence electrons. The summed E-state index contributed by atoms with van der Waals surface area (Å²) in [6, 6.07) is 7.18. The van der Waals surface area contributed by atoms with Crippen LogP contribution in [0.15, 0.2) is 37.1 Å². The van der Waals surface area contributed by atoms with Gasteiger partial charge in [-0.2, -0.15) is 0 Å². The third-order valence-electron chi connectivity index (χ3n) is 1.79. The molecule has 0 spiro atoms. The van der Waals surface area contributed by atoms with Crippen LogP contribution in [-0.4, -0.2) is 11.8 Å². The Morgan fingerprint density at radius 1 is 1.43 bits per heavy atom. The van der Waals surface area contributed by atoms with Gasteiger partial charge in [-0.15, -0.1) is 0 Å². The first-order valence-electron chi connectivity index (χ1n) is 4.62. The van der Waals surface area contributed by atoms with Crippen molar-refractivity contribution in [1.82, 2.24) is 0 Å². The molecule has 0 heterocycles. The van der Waals surface area contributed by atoms with Crippen molar-refractivity contribution < 1.29 is 9.94 Å². The molecular weight excluding hydrogens is 178 g/mol. The topological polar surface area (TPSA) is 32.7 Å². The fraction of sp³-hybridized carbons (Fsp3) is 0.273. The molecule has 0 saturated carbocycles. The zero-order chi connectivity index (χ0) is 10.4. The molecule has 1 aromatic carbocycles. The van der Waals surface area contributed by atoms with Crippen LogP contribution in [0, 0.1) is 0 Å². The van der Waals surface area contributed by atoms with E-state index in [1.165, 1.54) is 11.3 Å². The number of rotatable bonds is 5. The lowest BCUT2D eigenvalue weighted by Gasteiger charge is -2.15. The van der Waals surface area contributed by atoms with Gasteiger partial charge in [-0.1, -0.05) is 13.5 Å². The highest BCUT2D eigenvalue weighted by Gasteiger charge is 2.00. The molecule has 0 aromatic heterocycles. The van der Waals surface area contributed by atoms with Crippen molar-refractivity contribution in [2.45, 2.75) is 13.3 Å². The second-order valence-corrected chi connectivity index (χ2v) is 2.90. The molecule has 0 aliphatic rings. The van der Waals surface area contributed by atoms with Gasteiger partial charge in [-0.25, -0.2) is 0 Å². The zero-order valence-corrected chi connectivity index (χ0v) is 8.31. The molecule has 0 atom stereocenters. The van der Waals surface area contributed by atoms with Gasteiger partial charge >= 0.3 is 0 Å². The fourth-order valence-electron chi connectivity index (χ4n) is 1.13. The molecular formula is C11H15NO2. The number of nitrogens with zero attached hydrogens (tertiary/aromatic N) is 1. The van der Waals surface area contributed by atoms with Crippen LogP contribution in [-0.2, 0) is 0 Å². The third-order valence-corrected chi connectivity index (χ3v) is 1.79. The Hall–Kier alpha value is -1.48. The molecule has 0 amide bonds. The molecule has 1 N–H and O–H groups in total. The van der Waals surface area contributed by atoms with Gasteiger partial charge in [0.2, 0.25) is 0 Å². The van der Waals surface area contributed by atoms with E-state index in [9.17, 15) is 5.21 Å². The summed E-state index contributed by atoms with van der Waals surface area (Å²) >= 11 is 0. The van der Waals surface area contributed by atoms with Gasteiger partial charge in [-0.3, -0.25) is 10.3 Å². The minimum atomic E-state index is 0.627. The summed E-state index contributed by atoms with van der Waals surface area (Å²) in [6.45, 7) is 6.10. The second kappa shape index (κ2) is 5.29. The number of hydroxylamine groups is 1. The van der Waals surface area contributed by atoms with Crippen molar-refractivity contribution in [3.8, 4) is 5.75 Å². The lowest BCUT2D eigenvalue weighted by atomic mass is 10.3. The van der Waals surface area contributed by atoms with Gasteiger partial charge in [0.15, 0.2) is 0 Å². The number of benzene rings is 1. The Morgan fingerprint density at radius 2 is 2.07 bits per heavy atom. The van der Waals surface area contributed by atoms with Crippen molar-refractivity contribution in [3.05, 3.63) is 37.1 Å². The number of hydrogen-bond acceptors (Lipinski definition) is 3. The molecule has 3 nitrogen and oxygen atoms in total. The fourth-order valence-corrected chi connectivity index (χ4v) is 1.13. The molecule has 1 rings (SSSR count). The molecule has 0 aliphatic carbocycles. The summed E-state index contributed by atoms with van der Waals surface area (Å²) in [5, 5.41) is 10.7. The smallest absolute Gasteiger partial charge is 0.126 e. The Balaban J connectivity index is 2.67. The van der Waals surface area contributed by atoms with E-state index in [2.05, 4.69) is 6.58 Å². The quantitative estimate of drug-likeness (QED) is 0.576. The van der Waals surface area contributed by atoms with Crippen LogP contribution in [0.2, 0.25) is 0 Å². The summed E-state index contributed by atoms with van der Waals surface area (Å²) in [6.07, 6.45) is 2.28. The lowest BCUT2D eigenvalue weighted by Crippen LogP contribution is -2.18. The van der Waals surface area contributed by atoms with Crippen molar-refractivity contribution >= 4 is 5.69 Å². The number of anilines is 1. The van der Waals surface area contributed by atoms with Gasteiger partial charge < -0.3 is 4.74 Å². The van der Waals surface area contributed by atoms with Gasteiger partial charge in [0, 0.05) is 6.54 Å².